The summed E-state index contributed by atoms with van der Waals surface area (Å²) in [6, 6.07) is 4.99. The van der Waals surface area contributed by atoms with Crippen LogP contribution in [0, 0.1) is 0 Å². The van der Waals surface area contributed by atoms with Crippen molar-refractivity contribution in [3.05, 3.63) is 57.5 Å². The number of nitrogens with one attached hydrogen (secondary N) is 2. The third-order valence-corrected chi connectivity index (χ3v) is 3.29. The molecule has 2 heterocycles. The smallest absolute Gasteiger partial charge is 0.369 e. The summed E-state index contributed by atoms with van der Waals surface area (Å²) in [5.74, 6) is -0.0232. The maximum Gasteiger partial charge on any atom is 0.416 e. The number of aromatic nitrogens is 3. The van der Waals surface area contributed by atoms with E-state index in [-0.39, 0.29) is 12.4 Å². The molecule has 0 spiro atoms. The number of nitrogens with two attached hydrogens (primary N) is 1. The minimum atomic E-state index is -4.40. The second-order valence-corrected chi connectivity index (χ2v) is 4.86. The molecule has 22 heavy (non-hydrogen) atoms. The Bertz CT molecular complexity index is 895. The van der Waals surface area contributed by atoms with E-state index >= 15 is 0 Å². The second kappa shape index (κ2) is 4.90. The number of rotatable bonds is 2. The molecule has 3 aromatic rings. The van der Waals surface area contributed by atoms with Crippen LogP contribution in [0.3, 0.4) is 0 Å². The largest absolute Gasteiger partial charge is 0.416 e. The van der Waals surface area contributed by atoms with Crippen molar-refractivity contribution in [3.8, 4) is 0 Å². The maximum absolute atomic E-state index is 12.7. The van der Waals surface area contributed by atoms with E-state index in [0.717, 1.165) is 12.1 Å². The highest BCUT2D eigenvalue weighted by Gasteiger charge is 2.30. The fourth-order valence-corrected chi connectivity index (χ4v) is 2.34. The van der Waals surface area contributed by atoms with Crippen molar-refractivity contribution >= 4 is 17.0 Å². The van der Waals surface area contributed by atoms with Gasteiger partial charge in [-0.1, -0.05) is 18.2 Å². The zero-order chi connectivity index (χ0) is 15.9. The van der Waals surface area contributed by atoms with Crippen LogP contribution in [0.25, 0.3) is 11.0 Å². The topological polar surface area (TPSA) is 87.6 Å². The summed E-state index contributed by atoms with van der Waals surface area (Å²) in [6.45, 7) is 0. The molecule has 0 saturated carbocycles. The summed E-state index contributed by atoms with van der Waals surface area (Å²) >= 11 is 0. The Hall–Kier alpha value is -2.77. The van der Waals surface area contributed by atoms with Crippen LogP contribution in [0.4, 0.5) is 19.1 Å². The zero-order valence-corrected chi connectivity index (χ0v) is 11.2. The lowest BCUT2D eigenvalue weighted by Crippen LogP contribution is -2.11. The molecule has 0 aliphatic rings. The van der Waals surface area contributed by atoms with Gasteiger partial charge in [-0.2, -0.15) is 18.2 Å². The summed E-state index contributed by atoms with van der Waals surface area (Å²) in [6.07, 6.45) is -2.67. The number of hydrogen-bond donors (Lipinski definition) is 3. The molecule has 3 rings (SSSR count). The number of benzene rings is 1. The van der Waals surface area contributed by atoms with Gasteiger partial charge in [-0.25, -0.2) is 0 Å². The molecular formula is C14H11F3N4O. The van der Waals surface area contributed by atoms with E-state index in [0.29, 0.717) is 22.2 Å². The van der Waals surface area contributed by atoms with Crippen molar-refractivity contribution < 1.29 is 13.2 Å². The molecule has 0 fully saturated rings. The van der Waals surface area contributed by atoms with Crippen molar-refractivity contribution in [2.45, 2.75) is 12.6 Å². The Morgan fingerprint density at radius 3 is 2.77 bits per heavy atom. The fourth-order valence-electron chi connectivity index (χ4n) is 2.34. The molecule has 0 amide bonds. The molecule has 0 aliphatic heterocycles. The summed E-state index contributed by atoms with van der Waals surface area (Å²) in [4.78, 5) is 21.0. The van der Waals surface area contributed by atoms with Crippen molar-refractivity contribution in [2.75, 3.05) is 5.73 Å². The molecule has 0 aliphatic carbocycles. The van der Waals surface area contributed by atoms with Gasteiger partial charge in [-0.15, -0.1) is 0 Å². The average molecular weight is 308 g/mol. The van der Waals surface area contributed by atoms with Crippen LogP contribution in [0.5, 0.6) is 0 Å². The maximum atomic E-state index is 12.7. The minimum Gasteiger partial charge on any atom is -0.369 e. The summed E-state index contributed by atoms with van der Waals surface area (Å²) in [5, 5.41) is 0.298. The van der Waals surface area contributed by atoms with E-state index in [1.807, 2.05) is 0 Å². The van der Waals surface area contributed by atoms with Crippen LogP contribution in [0.2, 0.25) is 0 Å². The lowest BCUT2D eigenvalue weighted by molar-refractivity contribution is -0.137. The molecule has 0 atom stereocenters. The summed E-state index contributed by atoms with van der Waals surface area (Å²) in [5.41, 5.74) is 5.61. The summed E-state index contributed by atoms with van der Waals surface area (Å²) < 4.78 is 38.2. The quantitative estimate of drug-likeness (QED) is 0.679. The van der Waals surface area contributed by atoms with E-state index in [2.05, 4.69) is 15.0 Å². The minimum absolute atomic E-state index is 0.0232. The van der Waals surface area contributed by atoms with E-state index < -0.39 is 17.3 Å². The number of fused-ring (bicyclic) bond motifs is 1. The molecule has 5 nitrogen and oxygen atoms in total. The number of nitrogens with zero attached hydrogens (tertiary/aromatic N) is 1. The van der Waals surface area contributed by atoms with E-state index in [9.17, 15) is 18.0 Å². The predicted molar refractivity (Wildman–Crippen MR) is 75.4 cm³/mol. The van der Waals surface area contributed by atoms with Gasteiger partial charge in [-0.3, -0.25) is 9.78 Å². The van der Waals surface area contributed by atoms with E-state index in [1.165, 1.54) is 6.07 Å². The fraction of sp³-hybridized carbons (Fsp3) is 0.143. The third-order valence-electron chi connectivity index (χ3n) is 3.29. The molecule has 114 valence electrons. The van der Waals surface area contributed by atoms with Gasteiger partial charge in [0.25, 0.3) is 5.56 Å². The highest BCUT2D eigenvalue weighted by atomic mass is 19.4. The molecule has 0 bridgehead atoms. The normalized spacial score (nSPS) is 12.0. The number of alkyl halides is 3. The average Bonchev–Trinajstić information content (AvgIpc) is 2.81. The SMILES string of the molecule is Nc1nc2[nH]cc(Cc3cccc(C(F)(F)F)c3)c2c(=O)[nH]1. The van der Waals surface area contributed by atoms with Gasteiger partial charge in [0.05, 0.1) is 10.9 Å². The Labute approximate surface area is 122 Å². The number of anilines is 1. The molecular weight excluding hydrogens is 297 g/mol. The first-order valence-electron chi connectivity index (χ1n) is 6.36. The first kappa shape index (κ1) is 14.2. The summed E-state index contributed by atoms with van der Waals surface area (Å²) in [7, 11) is 0. The van der Waals surface area contributed by atoms with E-state index in [1.54, 1.807) is 12.3 Å². The number of hydrogen-bond acceptors (Lipinski definition) is 3. The third kappa shape index (κ3) is 2.54. The molecule has 0 radical (unpaired) electrons. The molecule has 8 heteroatoms. The van der Waals surface area contributed by atoms with Crippen LogP contribution in [-0.2, 0) is 12.6 Å². The van der Waals surface area contributed by atoms with Crippen molar-refractivity contribution in [1.82, 2.24) is 15.0 Å². The monoisotopic (exact) mass is 308 g/mol. The van der Waals surface area contributed by atoms with Crippen molar-refractivity contribution in [3.63, 3.8) is 0 Å². The first-order valence-corrected chi connectivity index (χ1v) is 6.36. The van der Waals surface area contributed by atoms with Crippen LogP contribution < -0.4 is 11.3 Å². The molecule has 1 aromatic carbocycles. The van der Waals surface area contributed by atoms with Crippen molar-refractivity contribution in [1.29, 1.82) is 0 Å². The van der Waals surface area contributed by atoms with Crippen LogP contribution >= 0.6 is 0 Å². The lowest BCUT2D eigenvalue weighted by atomic mass is 10.0. The van der Waals surface area contributed by atoms with Gasteiger partial charge < -0.3 is 10.7 Å². The Morgan fingerprint density at radius 1 is 1.27 bits per heavy atom. The number of halogens is 3. The molecule has 4 N–H and O–H groups in total. The van der Waals surface area contributed by atoms with Gasteiger partial charge in [0.2, 0.25) is 5.95 Å². The Morgan fingerprint density at radius 2 is 2.05 bits per heavy atom. The zero-order valence-electron chi connectivity index (χ0n) is 11.2. The highest BCUT2D eigenvalue weighted by Crippen LogP contribution is 2.30. The van der Waals surface area contributed by atoms with Gasteiger partial charge in [0.15, 0.2) is 0 Å². The van der Waals surface area contributed by atoms with Crippen LogP contribution in [0.15, 0.2) is 35.3 Å². The molecule has 0 saturated heterocycles. The van der Waals surface area contributed by atoms with Gasteiger partial charge in [-0.05, 0) is 23.6 Å². The van der Waals surface area contributed by atoms with Crippen LogP contribution in [0.1, 0.15) is 16.7 Å². The van der Waals surface area contributed by atoms with Crippen molar-refractivity contribution in [2.24, 2.45) is 0 Å². The van der Waals surface area contributed by atoms with Gasteiger partial charge >= 0.3 is 6.18 Å². The highest BCUT2D eigenvalue weighted by molar-refractivity contribution is 5.79. The predicted octanol–water partition coefficient (Wildman–Crippen LogP) is 2.44. The molecule has 0 unspecified atom stereocenters. The standard InChI is InChI=1S/C14H11F3N4O/c15-14(16,17)9-3-1-2-7(5-9)4-8-6-19-11-10(8)12(22)21-13(18)20-11/h1-3,5-6H,4H2,(H4,18,19,20,21,22). The molecule has 2 aromatic heterocycles. The lowest BCUT2D eigenvalue weighted by Gasteiger charge is -2.08. The van der Waals surface area contributed by atoms with E-state index in [4.69, 9.17) is 5.73 Å². The van der Waals surface area contributed by atoms with Gasteiger partial charge in [0.1, 0.15) is 5.65 Å². The Balaban J connectivity index is 2.03. The number of aromatic amines is 2. The number of H-pyrrole nitrogens is 2. The first-order chi connectivity index (χ1) is 10.3. The number of nitrogen functional groups attached to an aromatic ring is 1. The Kier molecular flexibility index (Phi) is 3.16. The second-order valence-electron chi connectivity index (χ2n) is 4.86. The van der Waals surface area contributed by atoms with Gasteiger partial charge in [0, 0.05) is 6.20 Å². The van der Waals surface area contributed by atoms with Crippen LogP contribution in [-0.4, -0.2) is 15.0 Å².